The predicted molar refractivity (Wildman–Crippen MR) is 79.0 cm³/mol. The van der Waals surface area contributed by atoms with E-state index in [9.17, 15) is 14.7 Å². The summed E-state index contributed by atoms with van der Waals surface area (Å²) in [6.45, 7) is 6.94. The van der Waals surface area contributed by atoms with E-state index in [4.69, 9.17) is 0 Å². The number of amides is 1. The van der Waals surface area contributed by atoms with Crippen molar-refractivity contribution in [2.24, 2.45) is 5.92 Å². The second-order valence-electron chi connectivity index (χ2n) is 6.21. The molecule has 0 rings (SSSR count). The Balaban J connectivity index is 0. The Morgan fingerprint density at radius 1 is 1.05 bits per heavy atom. The Hall–Kier alpha value is -0.0600. The Morgan fingerprint density at radius 2 is 1.52 bits per heavy atom. The van der Waals surface area contributed by atoms with Crippen molar-refractivity contribution in [3.8, 4) is 0 Å². The number of hydrogen-bond acceptors (Lipinski definition) is 3. The van der Waals surface area contributed by atoms with E-state index in [1.165, 1.54) is 46.0 Å². The Morgan fingerprint density at radius 3 is 2.00 bits per heavy atom. The van der Waals surface area contributed by atoms with Crippen molar-refractivity contribution in [2.75, 3.05) is 0 Å². The smallest absolute Gasteiger partial charge is 0.548 e. The summed E-state index contributed by atoms with van der Waals surface area (Å²) in [5.41, 5.74) is -1.30. The number of nitrogens with one attached hydrogen (secondary N) is 1. The summed E-state index contributed by atoms with van der Waals surface area (Å²) in [6, 6.07) is 0. The van der Waals surface area contributed by atoms with E-state index in [0.29, 0.717) is 0 Å². The van der Waals surface area contributed by atoms with Crippen LogP contribution in [0.2, 0.25) is 0 Å². The zero-order chi connectivity index (χ0) is 15.6. The molecule has 0 aromatic rings. The van der Waals surface area contributed by atoms with Crippen LogP contribution < -0.4 is 40.0 Å². The summed E-state index contributed by atoms with van der Waals surface area (Å²) in [4.78, 5) is 22.7. The fourth-order valence-electron chi connectivity index (χ4n) is 2.02. The van der Waals surface area contributed by atoms with Crippen molar-refractivity contribution < 1.29 is 44.3 Å². The third kappa shape index (κ3) is 11.2. The number of rotatable bonds is 11. The minimum atomic E-state index is -1.30. The normalized spacial score (nSPS) is 12.4. The first-order valence-corrected chi connectivity index (χ1v) is 7.84. The number of carbonyl (C=O) groups excluding carboxylic acids is 2. The van der Waals surface area contributed by atoms with Crippen LogP contribution in [0, 0.1) is 5.92 Å². The molecule has 4 nitrogen and oxygen atoms in total. The van der Waals surface area contributed by atoms with Gasteiger partial charge in [-0.25, -0.2) is 0 Å². The minimum absolute atomic E-state index is 0. The maximum Gasteiger partial charge on any atom is 1.00 e. The second kappa shape index (κ2) is 12.5. The molecule has 0 bridgehead atoms. The van der Waals surface area contributed by atoms with Gasteiger partial charge in [0.25, 0.3) is 0 Å². The largest absolute Gasteiger partial charge is 1.00 e. The maximum absolute atomic E-state index is 11.9. The summed E-state index contributed by atoms with van der Waals surface area (Å²) >= 11 is 0. The van der Waals surface area contributed by atoms with Gasteiger partial charge in [-0.1, -0.05) is 58.8 Å². The van der Waals surface area contributed by atoms with Crippen molar-refractivity contribution in [2.45, 2.75) is 84.6 Å². The first-order valence-electron chi connectivity index (χ1n) is 7.84. The molecule has 1 amide bonds. The van der Waals surface area contributed by atoms with Crippen LogP contribution in [-0.2, 0) is 9.59 Å². The van der Waals surface area contributed by atoms with Crippen molar-refractivity contribution in [1.82, 2.24) is 5.32 Å². The molecular formula is C16H30NNaO3. The van der Waals surface area contributed by atoms with Crippen molar-refractivity contribution in [3.05, 3.63) is 0 Å². The molecule has 0 saturated carbocycles. The Bertz CT molecular complexity index is 306. The van der Waals surface area contributed by atoms with Gasteiger partial charge in [-0.3, -0.25) is 4.79 Å². The SMILES string of the molecule is CCCCCCCCCC(C)C(=O)NC(C)(C)C(=O)[O-].[Na+]. The van der Waals surface area contributed by atoms with E-state index < -0.39 is 11.5 Å². The fourth-order valence-corrected chi connectivity index (χ4v) is 2.02. The molecule has 0 heterocycles. The molecule has 0 fully saturated rings. The Kier molecular flexibility index (Phi) is 13.8. The maximum atomic E-state index is 11.9. The number of hydrogen-bond donors (Lipinski definition) is 1. The molecule has 0 aromatic heterocycles. The van der Waals surface area contributed by atoms with Gasteiger partial charge in [-0.2, -0.15) is 0 Å². The van der Waals surface area contributed by atoms with Crippen LogP contribution >= 0.6 is 0 Å². The van der Waals surface area contributed by atoms with Gasteiger partial charge >= 0.3 is 29.6 Å². The van der Waals surface area contributed by atoms with Crippen LogP contribution in [-0.4, -0.2) is 17.4 Å². The summed E-state index contributed by atoms with van der Waals surface area (Å²) in [6.07, 6.45) is 9.32. The van der Waals surface area contributed by atoms with Crippen molar-refractivity contribution in [3.63, 3.8) is 0 Å². The van der Waals surface area contributed by atoms with Gasteiger partial charge in [-0.05, 0) is 20.3 Å². The van der Waals surface area contributed by atoms with Crippen LogP contribution in [0.15, 0.2) is 0 Å². The van der Waals surface area contributed by atoms with Gasteiger partial charge in [0.05, 0.1) is 11.5 Å². The number of carboxylic acids is 1. The number of carboxylic acid groups (broad SMARTS) is 1. The van der Waals surface area contributed by atoms with Gasteiger partial charge in [0.2, 0.25) is 5.91 Å². The molecule has 1 atom stereocenters. The van der Waals surface area contributed by atoms with Gasteiger partial charge in [0, 0.05) is 5.92 Å². The third-order valence-corrected chi connectivity index (χ3v) is 3.63. The molecule has 0 aliphatic heterocycles. The molecular weight excluding hydrogens is 277 g/mol. The molecule has 0 aliphatic rings. The molecule has 21 heavy (non-hydrogen) atoms. The monoisotopic (exact) mass is 307 g/mol. The van der Waals surface area contributed by atoms with Gasteiger partial charge in [0.15, 0.2) is 0 Å². The fraction of sp³-hybridized carbons (Fsp3) is 0.875. The molecule has 5 heteroatoms. The molecule has 118 valence electrons. The number of unbranched alkanes of at least 4 members (excludes halogenated alkanes) is 6. The average molecular weight is 307 g/mol. The van der Waals surface area contributed by atoms with Crippen LogP contribution in [0.3, 0.4) is 0 Å². The molecule has 0 aliphatic carbocycles. The quantitative estimate of drug-likeness (QED) is 0.410. The summed E-state index contributed by atoms with van der Waals surface area (Å²) in [7, 11) is 0. The van der Waals surface area contributed by atoms with Gasteiger partial charge < -0.3 is 15.2 Å². The second-order valence-corrected chi connectivity index (χ2v) is 6.21. The molecule has 0 saturated heterocycles. The van der Waals surface area contributed by atoms with E-state index in [1.54, 1.807) is 0 Å². The summed E-state index contributed by atoms with van der Waals surface area (Å²) < 4.78 is 0. The summed E-state index contributed by atoms with van der Waals surface area (Å²) in [5.74, 6) is -1.61. The zero-order valence-corrected chi connectivity index (χ0v) is 16.5. The van der Waals surface area contributed by atoms with E-state index in [-0.39, 0.29) is 41.4 Å². The van der Waals surface area contributed by atoms with Crippen molar-refractivity contribution in [1.29, 1.82) is 0 Å². The average Bonchev–Trinajstić information content (AvgIpc) is 2.36. The van der Waals surface area contributed by atoms with Gasteiger partial charge in [-0.15, -0.1) is 0 Å². The first-order chi connectivity index (χ1) is 9.31. The van der Waals surface area contributed by atoms with Crippen LogP contribution in [0.1, 0.15) is 79.1 Å². The van der Waals surface area contributed by atoms with E-state index >= 15 is 0 Å². The molecule has 0 aromatic carbocycles. The van der Waals surface area contributed by atoms with Crippen molar-refractivity contribution >= 4 is 11.9 Å². The molecule has 1 N–H and O–H groups in total. The third-order valence-electron chi connectivity index (χ3n) is 3.63. The molecule has 0 radical (unpaired) electrons. The number of aliphatic carboxylic acids is 1. The number of carbonyl (C=O) groups is 2. The van der Waals surface area contributed by atoms with Crippen LogP contribution in [0.25, 0.3) is 0 Å². The van der Waals surface area contributed by atoms with E-state index in [1.807, 2.05) is 6.92 Å². The molecule has 0 spiro atoms. The van der Waals surface area contributed by atoms with E-state index in [2.05, 4.69) is 12.2 Å². The van der Waals surface area contributed by atoms with Crippen LogP contribution in [0.4, 0.5) is 0 Å². The van der Waals surface area contributed by atoms with Gasteiger partial charge in [0.1, 0.15) is 0 Å². The first kappa shape index (κ1) is 23.2. The van der Waals surface area contributed by atoms with E-state index in [0.717, 1.165) is 19.3 Å². The zero-order valence-electron chi connectivity index (χ0n) is 14.5. The molecule has 1 unspecified atom stereocenters. The topological polar surface area (TPSA) is 69.2 Å². The minimum Gasteiger partial charge on any atom is -0.548 e. The van der Waals surface area contributed by atoms with Crippen LogP contribution in [0.5, 0.6) is 0 Å². The summed E-state index contributed by atoms with van der Waals surface area (Å²) in [5, 5.41) is 13.4. The Labute approximate surface area is 151 Å². The standard InChI is InChI=1S/C16H31NO3.Na/c1-5-6-7-8-9-10-11-12-13(2)14(18)17-16(3,4)15(19)20;/h13H,5-12H2,1-4H3,(H,17,18)(H,19,20);/q;+1/p-1. The predicted octanol–water partition coefficient (Wildman–Crippen LogP) is -0.588.